The van der Waals surface area contributed by atoms with Gasteiger partial charge in [-0.25, -0.2) is 9.78 Å². The van der Waals surface area contributed by atoms with Crippen molar-refractivity contribution in [2.45, 2.75) is 6.18 Å². The molecule has 0 aliphatic heterocycles. The monoisotopic (exact) mass is 296 g/mol. The number of rotatable bonds is 3. The van der Waals surface area contributed by atoms with Gasteiger partial charge in [0.25, 0.3) is 0 Å². The fourth-order valence-electron chi connectivity index (χ4n) is 1.15. The normalized spacial score (nSPS) is 12.2. The molecule has 0 aliphatic rings. The first-order valence-electron chi connectivity index (χ1n) is 4.74. The van der Waals surface area contributed by atoms with Gasteiger partial charge in [-0.2, -0.15) is 13.2 Å². The highest BCUT2D eigenvalue weighted by molar-refractivity contribution is 6.46. The Balaban J connectivity index is 3.28. The van der Waals surface area contributed by atoms with E-state index in [0.717, 1.165) is 20.3 Å². The molecule has 5 nitrogen and oxygen atoms in total. The van der Waals surface area contributed by atoms with E-state index in [9.17, 15) is 18.0 Å². The fraction of sp³-hybridized carbons (Fsp3) is 0.300. The SMILES string of the molecule is CO/N=C(/C(=O)OC)c1ccc(C(F)(F)F)nc1Cl. The number of nitrogens with zero attached hydrogens (tertiary/aromatic N) is 2. The van der Waals surface area contributed by atoms with Gasteiger partial charge in [-0.05, 0) is 12.1 Å². The Morgan fingerprint density at radius 1 is 1.37 bits per heavy atom. The molecule has 104 valence electrons. The summed E-state index contributed by atoms with van der Waals surface area (Å²) in [7, 11) is 2.24. The van der Waals surface area contributed by atoms with Crippen LogP contribution in [-0.2, 0) is 20.5 Å². The minimum absolute atomic E-state index is 0.122. The number of halogens is 4. The highest BCUT2D eigenvalue weighted by Gasteiger charge is 2.33. The average molecular weight is 297 g/mol. The second-order valence-electron chi connectivity index (χ2n) is 3.15. The number of oxime groups is 1. The topological polar surface area (TPSA) is 60.8 Å². The molecule has 0 radical (unpaired) electrons. The minimum Gasteiger partial charge on any atom is -0.464 e. The van der Waals surface area contributed by atoms with Gasteiger partial charge in [-0.1, -0.05) is 16.8 Å². The van der Waals surface area contributed by atoms with Crippen molar-refractivity contribution in [3.8, 4) is 0 Å². The van der Waals surface area contributed by atoms with Crippen LogP contribution in [0.4, 0.5) is 13.2 Å². The van der Waals surface area contributed by atoms with Crippen LogP contribution < -0.4 is 0 Å². The zero-order valence-corrected chi connectivity index (χ0v) is 10.5. The number of hydrogen-bond acceptors (Lipinski definition) is 5. The molecule has 0 amide bonds. The molecule has 0 saturated heterocycles. The molecular formula is C10H8ClF3N2O3. The lowest BCUT2D eigenvalue weighted by atomic mass is 10.1. The number of alkyl halides is 3. The van der Waals surface area contributed by atoms with E-state index in [4.69, 9.17) is 11.6 Å². The van der Waals surface area contributed by atoms with Crippen LogP contribution in [0.5, 0.6) is 0 Å². The predicted octanol–water partition coefficient (Wildman–Crippen LogP) is 2.28. The maximum Gasteiger partial charge on any atom is 0.433 e. The van der Waals surface area contributed by atoms with Crippen LogP contribution in [0.3, 0.4) is 0 Å². The first-order valence-corrected chi connectivity index (χ1v) is 5.12. The molecule has 0 spiro atoms. The highest BCUT2D eigenvalue weighted by atomic mass is 35.5. The van der Waals surface area contributed by atoms with Crippen LogP contribution >= 0.6 is 11.6 Å². The zero-order chi connectivity index (χ0) is 14.6. The zero-order valence-electron chi connectivity index (χ0n) is 9.79. The number of carbonyl (C=O) groups is 1. The summed E-state index contributed by atoms with van der Waals surface area (Å²) in [6.07, 6.45) is -4.63. The highest BCUT2D eigenvalue weighted by Crippen LogP contribution is 2.29. The number of carbonyl (C=O) groups excluding carboxylic acids is 1. The van der Waals surface area contributed by atoms with Crippen molar-refractivity contribution in [2.75, 3.05) is 14.2 Å². The number of methoxy groups -OCH3 is 1. The lowest BCUT2D eigenvalue weighted by Gasteiger charge is -2.09. The van der Waals surface area contributed by atoms with Crippen LogP contribution in [0, 0.1) is 0 Å². The molecule has 9 heteroatoms. The maximum absolute atomic E-state index is 12.4. The predicted molar refractivity (Wildman–Crippen MR) is 59.8 cm³/mol. The van der Waals surface area contributed by atoms with E-state index < -0.39 is 23.0 Å². The summed E-state index contributed by atoms with van der Waals surface area (Å²) in [6, 6.07) is 1.64. The summed E-state index contributed by atoms with van der Waals surface area (Å²) in [5.41, 5.74) is -1.68. The lowest BCUT2D eigenvalue weighted by Crippen LogP contribution is -2.19. The van der Waals surface area contributed by atoms with E-state index in [1.165, 1.54) is 0 Å². The van der Waals surface area contributed by atoms with Crippen molar-refractivity contribution in [2.24, 2.45) is 5.16 Å². The molecule has 0 unspecified atom stereocenters. The standard InChI is InChI=1S/C10H8ClF3N2O3/c1-18-9(17)7(16-19-2)5-3-4-6(10(12,13)14)15-8(5)11/h3-4H,1-2H3/b16-7+. The van der Waals surface area contributed by atoms with E-state index in [-0.39, 0.29) is 11.3 Å². The summed E-state index contributed by atoms with van der Waals surface area (Å²) in [5.74, 6) is -0.912. The molecule has 19 heavy (non-hydrogen) atoms. The van der Waals surface area contributed by atoms with E-state index in [2.05, 4.69) is 19.7 Å². The molecule has 0 saturated carbocycles. The van der Waals surface area contributed by atoms with Crippen molar-refractivity contribution in [1.82, 2.24) is 4.98 Å². The quantitative estimate of drug-likeness (QED) is 0.371. The van der Waals surface area contributed by atoms with Crippen LogP contribution in [0.1, 0.15) is 11.3 Å². The van der Waals surface area contributed by atoms with E-state index in [0.29, 0.717) is 6.07 Å². The molecule has 0 aliphatic carbocycles. The van der Waals surface area contributed by atoms with Crippen LogP contribution in [0.15, 0.2) is 17.3 Å². The van der Waals surface area contributed by atoms with Crippen LogP contribution in [-0.4, -0.2) is 30.9 Å². The Morgan fingerprint density at radius 2 is 2.00 bits per heavy atom. The Kier molecular flexibility index (Phi) is 4.71. The van der Waals surface area contributed by atoms with Crippen molar-refractivity contribution in [3.05, 3.63) is 28.5 Å². The Morgan fingerprint density at radius 3 is 2.42 bits per heavy atom. The third kappa shape index (κ3) is 3.57. The van der Waals surface area contributed by atoms with Crippen molar-refractivity contribution >= 4 is 23.3 Å². The van der Waals surface area contributed by atoms with Gasteiger partial charge in [0.1, 0.15) is 18.0 Å². The second kappa shape index (κ2) is 5.87. The van der Waals surface area contributed by atoms with Gasteiger partial charge in [-0.15, -0.1) is 0 Å². The van der Waals surface area contributed by atoms with E-state index in [1.54, 1.807) is 0 Å². The Hall–Kier alpha value is -1.83. The molecule has 0 fully saturated rings. The Labute approximate surface area is 111 Å². The molecule has 1 aromatic heterocycles. The summed E-state index contributed by atoms with van der Waals surface area (Å²) in [4.78, 5) is 19.0. The smallest absolute Gasteiger partial charge is 0.433 e. The molecule has 0 bridgehead atoms. The molecule has 1 aromatic rings. The van der Waals surface area contributed by atoms with Gasteiger partial charge >= 0.3 is 12.1 Å². The molecule has 1 heterocycles. The molecule has 0 N–H and O–H groups in total. The number of hydrogen-bond donors (Lipinski definition) is 0. The first kappa shape index (κ1) is 15.2. The second-order valence-corrected chi connectivity index (χ2v) is 3.50. The number of aromatic nitrogens is 1. The summed E-state index contributed by atoms with van der Waals surface area (Å²) < 4.78 is 41.6. The van der Waals surface area contributed by atoms with Crippen molar-refractivity contribution in [1.29, 1.82) is 0 Å². The van der Waals surface area contributed by atoms with Gasteiger partial charge in [0.05, 0.1) is 7.11 Å². The van der Waals surface area contributed by atoms with E-state index >= 15 is 0 Å². The third-order valence-electron chi connectivity index (χ3n) is 1.96. The first-order chi connectivity index (χ1) is 8.81. The van der Waals surface area contributed by atoms with Gasteiger partial charge < -0.3 is 9.57 Å². The maximum atomic E-state index is 12.4. The molecule has 0 aromatic carbocycles. The summed E-state index contributed by atoms with van der Waals surface area (Å²) in [5, 5.41) is 2.82. The third-order valence-corrected chi connectivity index (χ3v) is 2.24. The molecular weight excluding hydrogens is 289 g/mol. The van der Waals surface area contributed by atoms with Crippen molar-refractivity contribution in [3.63, 3.8) is 0 Å². The number of esters is 1. The number of pyridine rings is 1. The summed E-state index contributed by atoms with van der Waals surface area (Å²) in [6.45, 7) is 0. The van der Waals surface area contributed by atoms with Crippen LogP contribution in [0.25, 0.3) is 0 Å². The summed E-state index contributed by atoms with van der Waals surface area (Å²) >= 11 is 5.61. The average Bonchev–Trinajstić information content (AvgIpc) is 2.34. The largest absolute Gasteiger partial charge is 0.464 e. The molecule has 1 rings (SSSR count). The van der Waals surface area contributed by atoms with Crippen LogP contribution in [0.2, 0.25) is 5.15 Å². The minimum atomic E-state index is -4.63. The van der Waals surface area contributed by atoms with Gasteiger partial charge in [0.15, 0.2) is 5.71 Å². The molecule has 0 atom stereocenters. The van der Waals surface area contributed by atoms with Crippen molar-refractivity contribution < 1.29 is 27.5 Å². The number of ether oxygens (including phenoxy) is 1. The van der Waals surface area contributed by atoms with E-state index in [1.807, 2.05) is 0 Å². The lowest BCUT2D eigenvalue weighted by molar-refractivity contribution is -0.141. The Bertz CT molecular complexity index is 517. The fourth-order valence-corrected chi connectivity index (χ4v) is 1.40. The van der Waals surface area contributed by atoms with Gasteiger partial charge in [0, 0.05) is 5.56 Å². The van der Waals surface area contributed by atoms with Gasteiger partial charge in [-0.3, -0.25) is 0 Å². The van der Waals surface area contributed by atoms with Gasteiger partial charge in [0.2, 0.25) is 0 Å².